The zero-order chi connectivity index (χ0) is 29.6. The summed E-state index contributed by atoms with van der Waals surface area (Å²) in [6.45, 7) is 3.10. The van der Waals surface area contributed by atoms with Crippen LogP contribution in [0.3, 0.4) is 0 Å². The monoisotopic (exact) mass is 591 g/mol. The van der Waals surface area contributed by atoms with Gasteiger partial charge in [-0.1, -0.05) is 71.8 Å². The van der Waals surface area contributed by atoms with Gasteiger partial charge in [-0.25, -0.2) is 8.42 Å². The van der Waals surface area contributed by atoms with Gasteiger partial charge in [0.25, 0.3) is 15.9 Å². The Labute approximate surface area is 245 Å². The molecule has 0 spiro atoms. The first-order valence-corrected chi connectivity index (χ1v) is 14.6. The first-order chi connectivity index (χ1) is 19.6. The van der Waals surface area contributed by atoms with E-state index in [1.807, 2.05) is 44.2 Å². The molecule has 0 aliphatic heterocycles. The van der Waals surface area contributed by atoms with Crippen molar-refractivity contribution in [1.29, 1.82) is 0 Å². The van der Waals surface area contributed by atoms with Crippen molar-refractivity contribution in [2.75, 3.05) is 23.3 Å². The Morgan fingerprint density at radius 1 is 0.927 bits per heavy atom. The number of para-hydroxylation sites is 1. The van der Waals surface area contributed by atoms with Crippen LogP contribution in [0.1, 0.15) is 34.5 Å². The number of sulfonamides is 1. The molecule has 8 nitrogen and oxygen atoms in total. The van der Waals surface area contributed by atoms with Crippen LogP contribution < -0.4 is 19.7 Å². The number of ether oxygens (including phenoxy) is 1. The summed E-state index contributed by atoms with van der Waals surface area (Å²) in [6.07, 6.45) is 0. The molecule has 4 aromatic carbocycles. The maximum absolute atomic E-state index is 13.8. The summed E-state index contributed by atoms with van der Waals surface area (Å²) in [5.74, 6) is -0.843. The van der Waals surface area contributed by atoms with Crippen molar-refractivity contribution in [3.63, 3.8) is 0 Å². The van der Waals surface area contributed by atoms with Gasteiger partial charge in [0.1, 0.15) is 12.3 Å². The van der Waals surface area contributed by atoms with E-state index in [1.165, 1.54) is 31.4 Å². The molecule has 0 saturated heterocycles. The topological polar surface area (TPSA) is 105 Å². The third kappa shape index (κ3) is 7.06. The largest absolute Gasteiger partial charge is 0.495 e. The number of anilines is 2. The molecule has 1 atom stereocenters. The Hall–Kier alpha value is -4.34. The minimum Gasteiger partial charge on any atom is -0.495 e. The fourth-order valence-electron chi connectivity index (χ4n) is 4.20. The van der Waals surface area contributed by atoms with E-state index in [0.29, 0.717) is 0 Å². The number of halogens is 1. The Balaban J connectivity index is 1.63. The number of amides is 2. The van der Waals surface area contributed by atoms with Crippen molar-refractivity contribution in [3.8, 4) is 5.75 Å². The van der Waals surface area contributed by atoms with Crippen molar-refractivity contribution >= 4 is 44.8 Å². The average Bonchev–Trinajstić information content (AvgIpc) is 2.96. The van der Waals surface area contributed by atoms with E-state index in [4.69, 9.17) is 16.3 Å². The zero-order valence-electron chi connectivity index (χ0n) is 22.8. The van der Waals surface area contributed by atoms with Crippen LogP contribution in [-0.4, -0.2) is 33.9 Å². The highest BCUT2D eigenvalue weighted by Gasteiger charge is 2.30. The molecule has 0 fully saturated rings. The number of hydrogen-bond acceptors (Lipinski definition) is 5. The molecule has 4 rings (SSSR count). The van der Waals surface area contributed by atoms with Crippen LogP contribution in [0.5, 0.6) is 5.75 Å². The molecule has 2 N–H and O–H groups in total. The lowest BCUT2D eigenvalue weighted by Crippen LogP contribution is -2.38. The number of nitrogens with zero attached hydrogens (tertiary/aromatic N) is 1. The molecule has 0 bridgehead atoms. The lowest BCUT2D eigenvalue weighted by molar-refractivity contribution is -0.114. The summed E-state index contributed by atoms with van der Waals surface area (Å²) in [5.41, 5.74) is 2.37. The minimum atomic E-state index is -4.23. The highest BCUT2D eigenvalue weighted by Crippen LogP contribution is 2.35. The van der Waals surface area contributed by atoms with Crippen LogP contribution >= 0.6 is 11.6 Å². The maximum atomic E-state index is 13.8. The van der Waals surface area contributed by atoms with Gasteiger partial charge in [0, 0.05) is 5.02 Å². The first-order valence-electron chi connectivity index (χ1n) is 12.8. The Kier molecular flexibility index (Phi) is 9.31. The van der Waals surface area contributed by atoms with Crippen molar-refractivity contribution in [3.05, 3.63) is 119 Å². The third-order valence-corrected chi connectivity index (χ3v) is 8.41. The van der Waals surface area contributed by atoms with E-state index >= 15 is 0 Å². The molecule has 0 unspecified atom stereocenters. The van der Waals surface area contributed by atoms with Crippen LogP contribution in [0.4, 0.5) is 11.4 Å². The maximum Gasteiger partial charge on any atom is 0.264 e. The lowest BCUT2D eigenvalue weighted by atomic mass is 10.1. The molecule has 0 aliphatic rings. The van der Waals surface area contributed by atoms with Crippen molar-refractivity contribution in [2.45, 2.75) is 24.8 Å². The standard InChI is InChI=1S/C31H30ClN3O5S/c1-21-13-16-25(17-14-21)41(38,39)35(28-19-24(32)15-18-29(28)40-3)20-30(36)34-27-12-8-7-11-26(27)31(37)33-22(2)23-9-5-4-6-10-23/h4-19,22H,20H2,1-3H3,(H,33,37)(H,34,36)/t22-/m0/s1. The number of hydrogen-bond donors (Lipinski definition) is 2. The molecule has 0 radical (unpaired) electrons. The van der Waals surface area contributed by atoms with Gasteiger partial charge in [0.15, 0.2) is 0 Å². The van der Waals surface area contributed by atoms with Crippen molar-refractivity contribution in [1.82, 2.24) is 5.32 Å². The summed E-state index contributed by atoms with van der Waals surface area (Å²) in [6, 6.07) is 26.5. The second kappa shape index (κ2) is 12.9. The number of methoxy groups -OCH3 is 1. The zero-order valence-corrected chi connectivity index (χ0v) is 24.4. The number of aryl methyl sites for hydroxylation is 1. The molecule has 10 heteroatoms. The molecule has 212 valence electrons. The highest BCUT2D eigenvalue weighted by atomic mass is 35.5. The van der Waals surface area contributed by atoms with E-state index in [-0.39, 0.29) is 38.6 Å². The van der Waals surface area contributed by atoms with Gasteiger partial charge in [-0.15, -0.1) is 0 Å². The summed E-state index contributed by atoms with van der Waals surface area (Å²) in [5, 5.41) is 5.91. The van der Waals surface area contributed by atoms with E-state index < -0.39 is 28.4 Å². The normalized spacial score (nSPS) is 11.8. The number of rotatable bonds is 10. The van der Waals surface area contributed by atoms with Gasteiger partial charge in [-0.3, -0.25) is 13.9 Å². The van der Waals surface area contributed by atoms with E-state index in [1.54, 1.807) is 42.5 Å². The molecule has 0 aliphatic carbocycles. The van der Waals surface area contributed by atoms with Crippen LogP contribution in [0.25, 0.3) is 0 Å². The molecule has 0 aromatic heterocycles. The number of benzene rings is 4. The summed E-state index contributed by atoms with van der Waals surface area (Å²) >= 11 is 6.22. The van der Waals surface area contributed by atoms with Crippen LogP contribution in [-0.2, 0) is 14.8 Å². The van der Waals surface area contributed by atoms with Gasteiger partial charge in [-0.05, 0) is 61.9 Å². The second-order valence-corrected chi connectivity index (χ2v) is 11.6. The second-order valence-electron chi connectivity index (χ2n) is 9.34. The highest BCUT2D eigenvalue weighted by molar-refractivity contribution is 7.92. The molecule has 4 aromatic rings. The van der Waals surface area contributed by atoms with Gasteiger partial charge in [0.2, 0.25) is 5.91 Å². The molecule has 2 amide bonds. The molecule has 0 saturated carbocycles. The van der Waals surface area contributed by atoms with Crippen LogP contribution in [0.15, 0.2) is 102 Å². The summed E-state index contributed by atoms with van der Waals surface area (Å²) in [4.78, 5) is 26.6. The molecule has 0 heterocycles. The van der Waals surface area contributed by atoms with Crippen molar-refractivity contribution < 1.29 is 22.7 Å². The fourth-order valence-corrected chi connectivity index (χ4v) is 5.79. The third-order valence-electron chi connectivity index (χ3n) is 6.40. The lowest BCUT2D eigenvalue weighted by Gasteiger charge is -2.26. The number of nitrogens with one attached hydrogen (secondary N) is 2. The minimum absolute atomic E-state index is 0.00685. The number of carbonyl (C=O) groups excluding carboxylic acids is 2. The number of carbonyl (C=O) groups is 2. The SMILES string of the molecule is COc1ccc(Cl)cc1N(CC(=O)Nc1ccccc1C(=O)N[C@@H](C)c1ccccc1)S(=O)(=O)c1ccc(C)cc1. The molecular weight excluding hydrogens is 562 g/mol. The predicted molar refractivity (Wildman–Crippen MR) is 161 cm³/mol. The Bertz CT molecular complexity index is 1640. The van der Waals surface area contributed by atoms with Gasteiger partial charge in [0.05, 0.1) is 35.0 Å². The Morgan fingerprint density at radius 3 is 2.27 bits per heavy atom. The van der Waals surface area contributed by atoms with Crippen LogP contribution in [0.2, 0.25) is 5.02 Å². The smallest absolute Gasteiger partial charge is 0.264 e. The summed E-state index contributed by atoms with van der Waals surface area (Å²) in [7, 11) is -2.83. The van der Waals surface area contributed by atoms with E-state index in [2.05, 4.69) is 10.6 Å². The fraction of sp³-hybridized carbons (Fsp3) is 0.161. The quantitative estimate of drug-likeness (QED) is 0.236. The Morgan fingerprint density at radius 2 is 1.59 bits per heavy atom. The predicted octanol–water partition coefficient (Wildman–Crippen LogP) is 5.98. The van der Waals surface area contributed by atoms with E-state index in [0.717, 1.165) is 15.4 Å². The summed E-state index contributed by atoms with van der Waals surface area (Å²) < 4.78 is 34.0. The van der Waals surface area contributed by atoms with Crippen LogP contribution in [0, 0.1) is 6.92 Å². The average molecular weight is 592 g/mol. The van der Waals surface area contributed by atoms with Crippen molar-refractivity contribution in [2.24, 2.45) is 0 Å². The molecule has 41 heavy (non-hydrogen) atoms. The first kappa shape index (κ1) is 29.6. The van der Waals surface area contributed by atoms with Gasteiger partial charge >= 0.3 is 0 Å². The molecular formula is C31H30ClN3O5S. The van der Waals surface area contributed by atoms with Gasteiger partial charge in [-0.2, -0.15) is 0 Å². The van der Waals surface area contributed by atoms with E-state index in [9.17, 15) is 18.0 Å². The van der Waals surface area contributed by atoms with Gasteiger partial charge < -0.3 is 15.4 Å².